The Morgan fingerprint density at radius 2 is 1.53 bits per heavy atom. The summed E-state index contributed by atoms with van der Waals surface area (Å²) in [4.78, 5) is 36.9. The molecule has 0 radical (unpaired) electrons. The zero-order chi connectivity index (χ0) is 25.0. The van der Waals surface area contributed by atoms with Crippen molar-refractivity contribution in [2.75, 3.05) is 5.32 Å². The molecule has 180 valence electrons. The number of hydrazine groups is 1. The number of alkyl halides is 4. The van der Waals surface area contributed by atoms with Crippen molar-refractivity contribution in [2.45, 2.75) is 22.6 Å². The Kier molecular flexibility index (Phi) is 6.68. The molecule has 2 aromatic rings. The number of nitrogens with one attached hydrogen (secondary N) is 3. The fraction of sp³-hybridized carbons (Fsp3) is 0.286. The molecule has 0 aromatic heterocycles. The van der Waals surface area contributed by atoms with Gasteiger partial charge in [0.25, 0.3) is 11.8 Å². The van der Waals surface area contributed by atoms with Crippen molar-refractivity contribution in [1.29, 1.82) is 0 Å². The van der Waals surface area contributed by atoms with Crippen LogP contribution in [0.2, 0.25) is 15.1 Å². The second-order valence-electron chi connectivity index (χ2n) is 7.98. The van der Waals surface area contributed by atoms with E-state index in [1.807, 2.05) is 10.9 Å². The molecule has 0 saturated heterocycles. The summed E-state index contributed by atoms with van der Waals surface area (Å²) in [6, 6.07) is 8.80. The van der Waals surface area contributed by atoms with Gasteiger partial charge < -0.3 is 5.32 Å². The third-order valence-corrected chi connectivity index (χ3v) is 7.21. The van der Waals surface area contributed by atoms with Gasteiger partial charge in [-0.05, 0) is 42.0 Å². The van der Waals surface area contributed by atoms with Crippen LogP contribution in [0.3, 0.4) is 0 Å². The summed E-state index contributed by atoms with van der Waals surface area (Å²) < 4.78 is 24.5. The second-order valence-corrected chi connectivity index (χ2v) is 10.7. The average molecular weight is 572 g/mol. The lowest BCUT2D eigenvalue weighted by Gasteiger charge is -2.11. The van der Waals surface area contributed by atoms with Crippen molar-refractivity contribution < 1.29 is 23.2 Å². The van der Waals surface area contributed by atoms with E-state index in [1.54, 1.807) is 12.1 Å². The van der Waals surface area contributed by atoms with Crippen LogP contribution in [-0.2, 0) is 9.59 Å². The average Bonchev–Trinajstić information content (AvgIpc) is 3.56. The fourth-order valence-corrected chi connectivity index (χ4v) is 5.16. The number of hydrogen-bond donors (Lipinski definition) is 3. The van der Waals surface area contributed by atoms with E-state index in [9.17, 15) is 23.2 Å². The van der Waals surface area contributed by atoms with E-state index in [1.165, 1.54) is 24.3 Å². The van der Waals surface area contributed by atoms with Crippen LogP contribution in [0.25, 0.3) is 0 Å². The molecule has 6 nitrogen and oxygen atoms in total. The van der Waals surface area contributed by atoms with Gasteiger partial charge in [-0.15, -0.1) is 23.2 Å². The standard InChI is InChI=1S/C21H14Cl5F2N3O3/c22-9-3-8(4-10(23)5-9)15-16(21(15,25)26)19(34)29-11-1-2-14(24)12(6-11)17(32)30-31-18(33)13-7-20(13,27)28/h1-6,13,15-16H,7H2,(H,29,34)(H,30,32)(H,31,33)/t13?,15-,16+/m0/s1. The summed E-state index contributed by atoms with van der Waals surface area (Å²) >= 11 is 30.8. The van der Waals surface area contributed by atoms with E-state index in [4.69, 9.17) is 58.0 Å². The highest BCUT2D eigenvalue weighted by Gasteiger charge is 2.67. The number of rotatable bonds is 5. The molecule has 0 aliphatic heterocycles. The Labute approximate surface area is 217 Å². The van der Waals surface area contributed by atoms with Crippen LogP contribution in [0.4, 0.5) is 14.5 Å². The van der Waals surface area contributed by atoms with E-state index < -0.39 is 52.2 Å². The lowest BCUT2D eigenvalue weighted by Crippen LogP contribution is -2.43. The van der Waals surface area contributed by atoms with Gasteiger partial charge >= 0.3 is 0 Å². The Bertz CT molecular complexity index is 1190. The first-order chi connectivity index (χ1) is 15.8. The first kappa shape index (κ1) is 25.3. The van der Waals surface area contributed by atoms with Gasteiger partial charge in [0.1, 0.15) is 10.3 Å². The Hall–Kier alpha value is -1.84. The van der Waals surface area contributed by atoms with Gasteiger partial charge in [0.2, 0.25) is 11.8 Å². The van der Waals surface area contributed by atoms with Gasteiger partial charge in [-0.1, -0.05) is 34.8 Å². The van der Waals surface area contributed by atoms with Crippen molar-refractivity contribution in [3.8, 4) is 0 Å². The molecular weight excluding hydrogens is 558 g/mol. The zero-order valence-electron chi connectivity index (χ0n) is 16.8. The van der Waals surface area contributed by atoms with Crippen molar-refractivity contribution in [1.82, 2.24) is 10.9 Å². The molecule has 4 rings (SSSR count). The summed E-state index contributed by atoms with van der Waals surface area (Å²) in [5.41, 5.74) is 4.64. The Morgan fingerprint density at radius 3 is 2.12 bits per heavy atom. The molecule has 13 heteroatoms. The quantitative estimate of drug-likeness (QED) is 0.323. The van der Waals surface area contributed by atoms with Crippen LogP contribution in [0, 0.1) is 11.8 Å². The number of anilines is 1. The summed E-state index contributed by atoms with van der Waals surface area (Å²) in [7, 11) is 0. The van der Waals surface area contributed by atoms with Gasteiger partial charge in [0, 0.05) is 28.1 Å². The van der Waals surface area contributed by atoms with Gasteiger partial charge in [0.15, 0.2) is 0 Å². The lowest BCUT2D eigenvalue weighted by molar-refractivity contribution is -0.125. The molecule has 1 unspecified atom stereocenters. The van der Waals surface area contributed by atoms with Crippen molar-refractivity contribution >= 4 is 81.4 Å². The molecule has 3 atom stereocenters. The Balaban J connectivity index is 1.43. The monoisotopic (exact) mass is 569 g/mol. The van der Waals surface area contributed by atoms with Crippen LogP contribution < -0.4 is 16.2 Å². The minimum Gasteiger partial charge on any atom is -0.326 e. The van der Waals surface area contributed by atoms with Gasteiger partial charge in [-0.25, -0.2) is 8.78 Å². The first-order valence-corrected chi connectivity index (χ1v) is 11.6. The van der Waals surface area contributed by atoms with Crippen molar-refractivity contribution in [3.63, 3.8) is 0 Å². The number of carbonyl (C=O) groups excluding carboxylic acids is 3. The molecule has 0 heterocycles. The van der Waals surface area contributed by atoms with E-state index >= 15 is 0 Å². The summed E-state index contributed by atoms with van der Waals surface area (Å²) in [5.74, 6) is -8.37. The first-order valence-electron chi connectivity index (χ1n) is 9.73. The molecule has 3 N–H and O–H groups in total. The van der Waals surface area contributed by atoms with Crippen LogP contribution in [-0.4, -0.2) is 28.0 Å². The number of benzene rings is 2. The molecule has 2 aliphatic carbocycles. The predicted octanol–water partition coefficient (Wildman–Crippen LogP) is 5.59. The number of halogens is 7. The smallest absolute Gasteiger partial charge is 0.271 e. The summed E-state index contributed by atoms with van der Waals surface area (Å²) in [5, 5.41) is 3.35. The normalized spacial score (nSPS) is 23.6. The summed E-state index contributed by atoms with van der Waals surface area (Å²) in [6.45, 7) is 0. The molecule has 0 bridgehead atoms. The molecule has 3 amide bonds. The van der Waals surface area contributed by atoms with Crippen LogP contribution in [0.15, 0.2) is 36.4 Å². The van der Waals surface area contributed by atoms with Crippen LogP contribution >= 0.6 is 58.0 Å². The fourth-order valence-electron chi connectivity index (χ4n) is 3.59. The SMILES string of the molecule is O=C(NNC(=O)C1CC1(F)F)c1cc(NC(=O)[C@H]2[C@H](c3cc(Cl)cc(Cl)c3)C2(Cl)Cl)ccc1Cl. The summed E-state index contributed by atoms with van der Waals surface area (Å²) in [6.07, 6.45) is -0.580. The van der Waals surface area contributed by atoms with E-state index in [0.717, 1.165) is 0 Å². The van der Waals surface area contributed by atoms with E-state index in [2.05, 4.69) is 5.32 Å². The molecular formula is C21H14Cl5F2N3O3. The highest BCUT2D eigenvalue weighted by Crippen LogP contribution is 2.65. The molecule has 2 fully saturated rings. The van der Waals surface area contributed by atoms with Gasteiger partial charge in [-0.2, -0.15) is 0 Å². The lowest BCUT2D eigenvalue weighted by atomic mass is 10.1. The third kappa shape index (κ3) is 5.06. The van der Waals surface area contributed by atoms with Crippen molar-refractivity contribution in [3.05, 3.63) is 62.6 Å². The minimum atomic E-state index is -3.08. The number of amides is 3. The number of carbonyl (C=O) groups is 3. The molecule has 2 saturated carbocycles. The largest absolute Gasteiger partial charge is 0.326 e. The molecule has 2 aromatic carbocycles. The molecule has 34 heavy (non-hydrogen) atoms. The molecule has 2 aliphatic rings. The Morgan fingerprint density at radius 1 is 0.912 bits per heavy atom. The minimum absolute atomic E-state index is 0.00315. The second kappa shape index (κ2) is 8.99. The topological polar surface area (TPSA) is 87.3 Å². The maximum absolute atomic E-state index is 13.0. The molecule has 0 spiro atoms. The highest BCUT2D eigenvalue weighted by molar-refractivity contribution is 6.53. The predicted molar refractivity (Wildman–Crippen MR) is 126 cm³/mol. The van der Waals surface area contributed by atoms with Crippen LogP contribution in [0.1, 0.15) is 28.3 Å². The highest BCUT2D eigenvalue weighted by atomic mass is 35.5. The van der Waals surface area contributed by atoms with E-state index in [0.29, 0.717) is 15.6 Å². The number of hydrogen-bond acceptors (Lipinski definition) is 3. The maximum Gasteiger partial charge on any atom is 0.271 e. The van der Waals surface area contributed by atoms with E-state index in [-0.39, 0.29) is 16.3 Å². The van der Waals surface area contributed by atoms with Gasteiger partial charge in [-0.3, -0.25) is 25.2 Å². The maximum atomic E-state index is 13.0. The van der Waals surface area contributed by atoms with Gasteiger partial charge in [0.05, 0.1) is 16.5 Å². The zero-order valence-corrected chi connectivity index (χ0v) is 20.6. The van der Waals surface area contributed by atoms with Crippen molar-refractivity contribution in [2.24, 2.45) is 11.8 Å². The van der Waals surface area contributed by atoms with Crippen LogP contribution in [0.5, 0.6) is 0 Å². The third-order valence-electron chi connectivity index (χ3n) is 5.50.